The predicted octanol–water partition coefficient (Wildman–Crippen LogP) is 5.47. The molecule has 156 valence electrons. The molecule has 0 aliphatic rings. The van der Waals surface area contributed by atoms with Crippen LogP contribution in [-0.2, 0) is 4.74 Å². The first-order valence-electron chi connectivity index (χ1n) is 8.63. The molecule has 11 heteroatoms. The molecule has 2 amide bonds. The number of halogens is 1. The SMILES string of the molecule is CC(C)(C)OC(=O)N(C(=O)O)c1nc(-c2ccccc2)c(Oc2ccnc(Cl)n2)s1. The van der Waals surface area contributed by atoms with Crippen molar-refractivity contribution in [2.45, 2.75) is 26.4 Å². The van der Waals surface area contributed by atoms with Crippen molar-refractivity contribution in [1.82, 2.24) is 15.0 Å². The van der Waals surface area contributed by atoms with Crippen LogP contribution in [0.3, 0.4) is 0 Å². The zero-order chi connectivity index (χ0) is 21.9. The van der Waals surface area contributed by atoms with Gasteiger partial charge in [-0.2, -0.15) is 9.88 Å². The fraction of sp³-hybridized carbons (Fsp3) is 0.211. The van der Waals surface area contributed by atoms with Crippen LogP contribution in [0.15, 0.2) is 42.6 Å². The van der Waals surface area contributed by atoms with E-state index in [0.29, 0.717) is 16.2 Å². The van der Waals surface area contributed by atoms with Crippen LogP contribution >= 0.6 is 22.9 Å². The Hall–Kier alpha value is -3.24. The number of imide groups is 1. The highest BCUT2D eigenvalue weighted by molar-refractivity contribution is 7.18. The van der Waals surface area contributed by atoms with Crippen molar-refractivity contribution in [2.75, 3.05) is 4.90 Å². The number of benzene rings is 1. The summed E-state index contributed by atoms with van der Waals surface area (Å²) in [5, 5.41) is 9.68. The highest BCUT2D eigenvalue weighted by Gasteiger charge is 2.32. The van der Waals surface area contributed by atoms with Crippen LogP contribution < -0.4 is 9.64 Å². The van der Waals surface area contributed by atoms with Gasteiger partial charge < -0.3 is 14.6 Å². The molecular weight excluding hydrogens is 432 g/mol. The van der Waals surface area contributed by atoms with Gasteiger partial charge in [-0.3, -0.25) is 0 Å². The molecule has 1 aromatic carbocycles. The molecule has 3 aromatic rings. The third-order valence-corrected chi connectivity index (χ3v) is 4.49. The second kappa shape index (κ2) is 8.64. The molecule has 0 spiro atoms. The van der Waals surface area contributed by atoms with Gasteiger partial charge in [0.2, 0.25) is 21.4 Å². The summed E-state index contributed by atoms with van der Waals surface area (Å²) in [5.41, 5.74) is 0.103. The molecule has 0 saturated carbocycles. The van der Waals surface area contributed by atoms with Crippen LogP contribution in [0.25, 0.3) is 11.3 Å². The average Bonchev–Trinajstić information content (AvgIpc) is 3.03. The van der Waals surface area contributed by atoms with Gasteiger partial charge in [-0.1, -0.05) is 41.7 Å². The monoisotopic (exact) mass is 448 g/mol. The van der Waals surface area contributed by atoms with E-state index in [-0.39, 0.29) is 21.4 Å². The van der Waals surface area contributed by atoms with E-state index in [9.17, 15) is 14.7 Å². The van der Waals surface area contributed by atoms with Gasteiger partial charge in [-0.15, -0.1) is 0 Å². The molecule has 0 aliphatic carbocycles. The maximum Gasteiger partial charge on any atom is 0.426 e. The van der Waals surface area contributed by atoms with Crippen LogP contribution in [0, 0.1) is 0 Å². The second-order valence-corrected chi connectivity index (χ2v) is 8.14. The Morgan fingerprint density at radius 3 is 2.43 bits per heavy atom. The highest BCUT2D eigenvalue weighted by Crippen LogP contribution is 2.42. The molecule has 0 atom stereocenters. The van der Waals surface area contributed by atoms with Crippen molar-refractivity contribution in [3.05, 3.63) is 47.9 Å². The van der Waals surface area contributed by atoms with Crippen molar-refractivity contribution in [3.63, 3.8) is 0 Å². The summed E-state index contributed by atoms with van der Waals surface area (Å²) >= 11 is 6.66. The van der Waals surface area contributed by atoms with E-state index in [4.69, 9.17) is 21.1 Å². The van der Waals surface area contributed by atoms with Gasteiger partial charge in [0.1, 0.15) is 11.3 Å². The largest absolute Gasteiger partial charge is 0.464 e. The maximum absolute atomic E-state index is 12.5. The number of carbonyl (C=O) groups is 2. The summed E-state index contributed by atoms with van der Waals surface area (Å²) in [6, 6.07) is 10.5. The number of ether oxygens (including phenoxy) is 2. The van der Waals surface area contributed by atoms with E-state index in [1.165, 1.54) is 12.3 Å². The molecule has 3 rings (SSSR count). The van der Waals surface area contributed by atoms with Crippen LogP contribution in [0.5, 0.6) is 10.9 Å². The first-order valence-corrected chi connectivity index (χ1v) is 9.82. The lowest BCUT2D eigenvalue weighted by Crippen LogP contribution is -2.40. The zero-order valence-corrected chi connectivity index (χ0v) is 17.8. The predicted molar refractivity (Wildman–Crippen MR) is 111 cm³/mol. The van der Waals surface area contributed by atoms with E-state index >= 15 is 0 Å². The Labute approximate surface area is 180 Å². The van der Waals surface area contributed by atoms with Crippen LogP contribution in [0.2, 0.25) is 5.28 Å². The van der Waals surface area contributed by atoms with E-state index in [1.54, 1.807) is 45.0 Å². The lowest BCUT2D eigenvalue weighted by atomic mass is 10.2. The molecule has 30 heavy (non-hydrogen) atoms. The molecule has 1 N–H and O–H groups in total. The number of anilines is 1. The highest BCUT2D eigenvalue weighted by atomic mass is 35.5. The number of nitrogens with zero attached hydrogens (tertiary/aromatic N) is 4. The molecule has 2 heterocycles. The Morgan fingerprint density at radius 1 is 1.13 bits per heavy atom. The standard InChI is InChI=1S/C19H17ClN4O5S/c1-19(2,3)29-18(27)24(17(25)26)16-23-13(11-7-5-4-6-8-11)14(30-16)28-12-9-10-21-15(20)22-12/h4-10H,1-3H3,(H,25,26). The summed E-state index contributed by atoms with van der Waals surface area (Å²) in [4.78, 5) is 36.8. The van der Waals surface area contributed by atoms with Crippen molar-refractivity contribution in [2.24, 2.45) is 0 Å². The number of rotatable bonds is 4. The van der Waals surface area contributed by atoms with Gasteiger partial charge in [0.15, 0.2) is 0 Å². The normalized spacial score (nSPS) is 11.1. The maximum atomic E-state index is 12.5. The van der Waals surface area contributed by atoms with Gasteiger partial charge in [-0.05, 0) is 32.4 Å². The average molecular weight is 449 g/mol. The molecule has 0 radical (unpaired) electrons. The summed E-state index contributed by atoms with van der Waals surface area (Å²) in [6.45, 7) is 4.90. The van der Waals surface area contributed by atoms with E-state index in [0.717, 1.165) is 11.3 Å². The smallest absolute Gasteiger partial charge is 0.426 e. The fourth-order valence-corrected chi connectivity index (χ4v) is 3.33. The number of hydrogen-bond donors (Lipinski definition) is 1. The fourth-order valence-electron chi connectivity index (χ4n) is 2.26. The second-order valence-electron chi connectivity index (χ2n) is 6.86. The molecule has 2 aromatic heterocycles. The van der Waals surface area contributed by atoms with E-state index in [2.05, 4.69) is 15.0 Å². The van der Waals surface area contributed by atoms with Crippen molar-refractivity contribution in [1.29, 1.82) is 0 Å². The van der Waals surface area contributed by atoms with Gasteiger partial charge in [0.25, 0.3) is 0 Å². The summed E-state index contributed by atoms with van der Waals surface area (Å²) < 4.78 is 11.0. The first-order chi connectivity index (χ1) is 14.1. The van der Waals surface area contributed by atoms with Gasteiger partial charge in [0, 0.05) is 17.8 Å². The lowest BCUT2D eigenvalue weighted by Gasteiger charge is -2.22. The first kappa shape index (κ1) is 21.5. The molecule has 0 fully saturated rings. The third-order valence-electron chi connectivity index (χ3n) is 3.39. The number of hydrogen-bond acceptors (Lipinski definition) is 8. The lowest BCUT2D eigenvalue weighted by molar-refractivity contribution is 0.0582. The Morgan fingerprint density at radius 2 is 1.83 bits per heavy atom. The number of amides is 2. The van der Waals surface area contributed by atoms with Gasteiger partial charge in [0.05, 0.1) is 0 Å². The number of carbonyl (C=O) groups excluding carboxylic acids is 1. The van der Waals surface area contributed by atoms with E-state index in [1.807, 2.05) is 6.07 Å². The number of carboxylic acid groups (broad SMARTS) is 1. The van der Waals surface area contributed by atoms with Crippen LogP contribution in [-0.4, -0.2) is 37.8 Å². The minimum Gasteiger partial charge on any atom is -0.464 e. The van der Waals surface area contributed by atoms with Gasteiger partial charge in [-0.25, -0.2) is 19.6 Å². The van der Waals surface area contributed by atoms with E-state index < -0.39 is 17.8 Å². The minimum absolute atomic E-state index is 0.0144. The molecule has 9 nitrogen and oxygen atoms in total. The molecular formula is C19H17ClN4O5S. The summed E-state index contributed by atoms with van der Waals surface area (Å²) in [6.07, 6.45) is -1.19. The summed E-state index contributed by atoms with van der Waals surface area (Å²) in [7, 11) is 0. The molecule has 0 saturated heterocycles. The quantitative estimate of drug-likeness (QED) is 0.522. The topological polar surface area (TPSA) is 115 Å². The zero-order valence-electron chi connectivity index (χ0n) is 16.2. The molecule has 0 unspecified atom stereocenters. The summed E-state index contributed by atoms with van der Waals surface area (Å²) in [5.74, 6) is 0.140. The minimum atomic E-state index is -1.53. The Balaban J connectivity index is 2.06. The third kappa shape index (κ3) is 5.22. The Kier molecular flexibility index (Phi) is 6.18. The molecule has 0 aliphatic heterocycles. The number of aromatic nitrogens is 3. The number of thiazole rings is 1. The molecule has 0 bridgehead atoms. The van der Waals surface area contributed by atoms with Crippen molar-refractivity contribution in [3.8, 4) is 22.2 Å². The Bertz CT molecular complexity index is 1070. The van der Waals surface area contributed by atoms with Crippen molar-refractivity contribution < 1.29 is 24.2 Å². The van der Waals surface area contributed by atoms with Crippen LogP contribution in [0.1, 0.15) is 20.8 Å². The van der Waals surface area contributed by atoms with Crippen molar-refractivity contribution >= 4 is 40.3 Å². The van der Waals surface area contributed by atoms with Crippen LogP contribution in [0.4, 0.5) is 14.7 Å². The van der Waals surface area contributed by atoms with Gasteiger partial charge >= 0.3 is 12.2 Å².